The maximum atomic E-state index is 13.1. The molecule has 0 spiro atoms. The van der Waals surface area contributed by atoms with E-state index >= 15 is 0 Å². The second-order valence-electron chi connectivity index (χ2n) is 15.5. The number of aliphatic hydroxyl groups is 2. The maximum absolute atomic E-state index is 13.1. The van der Waals surface area contributed by atoms with Gasteiger partial charge in [0.2, 0.25) is 11.4 Å². The van der Waals surface area contributed by atoms with Crippen LogP contribution in [0.1, 0.15) is 114 Å². The van der Waals surface area contributed by atoms with E-state index in [1.165, 1.54) is 80.7 Å². The Morgan fingerprint density at radius 1 is 0.943 bits per heavy atom. The average molecular weight is 745 g/mol. The van der Waals surface area contributed by atoms with E-state index in [1.54, 1.807) is 6.08 Å². The summed E-state index contributed by atoms with van der Waals surface area (Å²) < 4.78 is 14.5. The summed E-state index contributed by atoms with van der Waals surface area (Å²) in [6.07, 6.45) is 28.0. The molecule has 53 heavy (non-hydrogen) atoms. The van der Waals surface area contributed by atoms with E-state index in [2.05, 4.69) is 88.6 Å². The molecule has 2 aromatic carbocycles. The van der Waals surface area contributed by atoms with Crippen molar-refractivity contribution in [3.05, 3.63) is 83.6 Å². The van der Waals surface area contributed by atoms with E-state index in [4.69, 9.17) is 0 Å². The van der Waals surface area contributed by atoms with E-state index in [0.717, 1.165) is 68.2 Å². The summed E-state index contributed by atoms with van der Waals surface area (Å²) in [5.74, 6) is -0.203. The Labute approximate surface area is 320 Å². The molecule has 8 heteroatoms. The maximum Gasteiger partial charge on any atom is 0.239 e. The fraction of sp³-hybridized carbons (Fsp3) is 0.556. The Hall–Kier alpha value is -3.25. The number of para-hydroxylation sites is 1. The summed E-state index contributed by atoms with van der Waals surface area (Å²) in [7, 11) is -2.03. The molecule has 3 aromatic rings. The van der Waals surface area contributed by atoms with Gasteiger partial charge in [-0.15, -0.1) is 0 Å². The van der Waals surface area contributed by atoms with Crippen molar-refractivity contribution in [2.45, 2.75) is 122 Å². The number of unbranched alkanes of at least 4 members (excludes halogenated alkanes) is 11. The van der Waals surface area contributed by atoms with Crippen molar-refractivity contribution < 1.29 is 24.1 Å². The first-order valence-electron chi connectivity index (χ1n) is 20.4. The fourth-order valence-electron chi connectivity index (χ4n) is 7.38. The van der Waals surface area contributed by atoms with E-state index in [0.29, 0.717) is 0 Å². The van der Waals surface area contributed by atoms with Crippen LogP contribution in [-0.4, -0.2) is 67.5 Å². The van der Waals surface area contributed by atoms with Crippen LogP contribution in [0.15, 0.2) is 66.9 Å². The molecule has 0 saturated carbocycles. The number of nitrogens with zero attached hydrogens (tertiary/aromatic N) is 2. The highest BCUT2D eigenvalue weighted by atomic mass is 31.2. The molecule has 0 aliphatic carbocycles. The Morgan fingerprint density at radius 2 is 1.66 bits per heavy atom. The third-order valence-electron chi connectivity index (χ3n) is 10.4. The van der Waals surface area contributed by atoms with E-state index in [9.17, 15) is 19.6 Å². The number of anilines is 1. The van der Waals surface area contributed by atoms with E-state index < -0.39 is 19.3 Å². The number of fused-ring (bicyclic) bond motifs is 2. The van der Waals surface area contributed by atoms with Crippen molar-refractivity contribution in [3.8, 4) is 0 Å². The van der Waals surface area contributed by atoms with Gasteiger partial charge in [-0.3, -0.25) is 4.79 Å². The topological polar surface area (TPSA) is 93.8 Å². The van der Waals surface area contributed by atoms with Gasteiger partial charge in [0.05, 0.1) is 37.8 Å². The van der Waals surface area contributed by atoms with Crippen LogP contribution in [0.5, 0.6) is 0 Å². The molecular formula is C45H67N3O4P+. The highest BCUT2D eigenvalue weighted by Gasteiger charge is 2.23. The normalized spacial score (nSPS) is 14.6. The van der Waals surface area contributed by atoms with Gasteiger partial charge < -0.3 is 25.0 Å². The molecule has 0 fully saturated rings. The summed E-state index contributed by atoms with van der Waals surface area (Å²) in [4.78, 5) is 15.2. The minimum Gasteiger partial charge on any atom is -0.394 e. The van der Waals surface area contributed by atoms with Gasteiger partial charge in [-0.1, -0.05) is 114 Å². The van der Waals surface area contributed by atoms with Crippen molar-refractivity contribution in [1.82, 2.24) is 5.32 Å². The Balaban J connectivity index is 1.24. The number of carbonyl (C=O) groups excluding carboxylic acids is 1. The molecule has 0 radical (unpaired) electrons. The smallest absolute Gasteiger partial charge is 0.239 e. The lowest BCUT2D eigenvalue weighted by atomic mass is 9.98. The van der Waals surface area contributed by atoms with Crippen LogP contribution in [-0.2, 0) is 22.3 Å². The molecule has 1 aromatic heterocycles. The van der Waals surface area contributed by atoms with E-state index in [-0.39, 0.29) is 19.1 Å². The van der Waals surface area contributed by atoms with Gasteiger partial charge in [-0.2, -0.15) is 4.57 Å². The third kappa shape index (κ3) is 14.8. The number of pyridine rings is 1. The Morgan fingerprint density at radius 3 is 2.38 bits per heavy atom. The number of benzene rings is 2. The zero-order chi connectivity index (χ0) is 37.9. The number of carbonyl (C=O) groups is 1. The fourth-order valence-corrected chi connectivity index (χ4v) is 8.28. The van der Waals surface area contributed by atoms with Crippen molar-refractivity contribution >= 4 is 41.8 Å². The highest BCUT2D eigenvalue weighted by Crippen LogP contribution is 2.36. The van der Waals surface area contributed by atoms with Crippen LogP contribution in [0.2, 0.25) is 0 Å². The predicted molar refractivity (Wildman–Crippen MR) is 224 cm³/mol. The van der Waals surface area contributed by atoms with E-state index in [1.807, 2.05) is 19.4 Å². The molecule has 290 valence electrons. The van der Waals surface area contributed by atoms with Crippen molar-refractivity contribution in [2.75, 3.05) is 44.1 Å². The third-order valence-corrected chi connectivity index (χ3v) is 11.8. The molecule has 1 amide bonds. The molecule has 1 aliphatic heterocycles. The molecule has 0 saturated heterocycles. The first-order chi connectivity index (χ1) is 25.7. The summed E-state index contributed by atoms with van der Waals surface area (Å²) in [6, 6.07) is 16.3. The van der Waals surface area contributed by atoms with Crippen LogP contribution in [0, 0.1) is 0 Å². The SMILES string of the molecule is CCCCCCCCCCCCC/C=C/C(O)C(CO)NC(=O)CN1CCCc2cc(C=Cc3cc[n+](CCCP(C)(C)=O)c4ccccc34)ccc21. The number of rotatable bonds is 24. The molecule has 7 nitrogen and oxygen atoms in total. The van der Waals surface area contributed by atoms with Crippen LogP contribution in [0.3, 0.4) is 0 Å². The van der Waals surface area contributed by atoms with Gasteiger partial charge in [0.15, 0.2) is 6.20 Å². The van der Waals surface area contributed by atoms with Crippen LogP contribution in [0.25, 0.3) is 23.1 Å². The summed E-state index contributed by atoms with van der Waals surface area (Å²) in [6.45, 7) is 7.46. The molecule has 0 bridgehead atoms. The standard InChI is InChI=1S/C45H66N3O4P/c1-4-5-6-7-8-9-10-11-12-13-14-15-16-24-44(50)41(36-49)46-45(51)35-48-30-19-21-39-34-37(26-28-42(39)48)25-27-38-29-32-47(31-20-33-53(2,3)52)43-23-18-17-22-40(38)43/h16-18,22-29,32,34,41,44,49-50H,4-15,19-21,30-31,33,35-36H2,1-3H3/p+1/b24-16+. The number of hydrogen-bond donors (Lipinski definition) is 3. The number of aryl methyl sites for hydroxylation is 2. The number of hydrogen-bond acceptors (Lipinski definition) is 5. The minimum absolute atomic E-state index is 0.179. The number of aromatic nitrogens is 1. The number of amides is 1. The molecule has 1 aliphatic rings. The summed E-state index contributed by atoms with van der Waals surface area (Å²) in [5.41, 5.74) is 5.71. The monoisotopic (exact) mass is 744 g/mol. The first kappa shape index (κ1) is 42.5. The van der Waals surface area contributed by atoms with Gasteiger partial charge >= 0.3 is 0 Å². The zero-order valence-electron chi connectivity index (χ0n) is 32.9. The van der Waals surface area contributed by atoms with Crippen LogP contribution in [0.4, 0.5) is 5.69 Å². The van der Waals surface area contributed by atoms with Crippen molar-refractivity contribution in [1.29, 1.82) is 0 Å². The lowest BCUT2D eigenvalue weighted by Crippen LogP contribution is -2.49. The minimum atomic E-state index is -2.03. The number of allylic oxidation sites excluding steroid dienone is 1. The van der Waals surface area contributed by atoms with Gasteiger partial charge in [0, 0.05) is 36.9 Å². The zero-order valence-corrected chi connectivity index (χ0v) is 33.7. The van der Waals surface area contributed by atoms with Gasteiger partial charge in [-0.05, 0) is 73.9 Å². The predicted octanol–water partition coefficient (Wildman–Crippen LogP) is 9.16. The molecule has 2 atom stereocenters. The second kappa shape index (κ2) is 22.8. The summed E-state index contributed by atoms with van der Waals surface area (Å²) in [5, 5.41) is 24.7. The van der Waals surface area contributed by atoms with Gasteiger partial charge in [-0.25, -0.2) is 0 Å². The largest absolute Gasteiger partial charge is 0.394 e. The molecule has 3 N–H and O–H groups in total. The Kier molecular flexibility index (Phi) is 18.3. The van der Waals surface area contributed by atoms with Crippen molar-refractivity contribution in [3.63, 3.8) is 0 Å². The quantitative estimate of drug-likeness (QED) is 0.0368. The second-order valence-corrected chi connectivity index (χ2v) is 19.1. The summed E-state index contributed by atoms with van der Waals surface area (Å²) >= 11 is 0. The van der Waals surface area contributed by atoms with Crippen LogP contribution >= 0.6 is 7.14 Å². The van der Waals surface area contributed by atoms with Crippen molar-refractivity contribution in [2.24, 2.45) is 0 Å². The van der Waals surface area contributed by atoms with Gasteiger partial charge in [0.1, 0.15) is 6.54 Å². The number of aliphatic hydroxyl groups excluding tert-OH is 2. The van der Waals surface area contributed by atoms with Crippen LogP contribution < -0.4 is 14.8 Å². The Bertz CT molecular complexity index is 1660. The van der Waals surface area contributed by atoms with Gasteiger partial charge in [0.25, 0.3) is 0 Å². The molecule has 4 rings (SSSR count). The average Bonchev–Trinajstić information content (AvgIpc) is 3.14. The lowest BCUT2D eigenvalue weighted by Gasteiger charge is -2.31. The number of nitrogens with one attached hydrogen (secondary N) is 1. The highest BCUT2D eigenvalue weighted by molar-refractivity contribution is 7.62. The lowest BCUT2D eigenvalue weighted by molar-refractivity contribution is -0.671. The molecule has 2 unspecified atom stereocenters. The molecular weight excluding hydrogens is 677 g/mol. The first-order valence-corrected chi connectivity index (χ1v) is 23.2. The molecule has 2 heterocycles.